The van der Waals surface area contributed by atoms with Crippen molar-refractivity contribution in [3.63, 3.8) is 0 Å². The van der Waals surface area contributed by atoms with Crippen molar-refractivity contribution in [1.82, 2.24) is 0 Å². The minimum atomic E-state index is -0.608. The first kappa shape index (κ1) is 78.9. The molecule has 0 aromatic carbocycles. The van der Waals surface area contributed by atoms with Gasteiger partial charge >= 0.3 is 11.9 Å². The number of allylic oxidation sites excluding steroid dienone is 1. The van der Waals surface area contributed by atoms with Crippen molar-refractivity contribution in [2.45, 2.75) is 396 Å². The number of ketones is 2. The van der Waals surface area contributed by atoms with Crippen molar-refractivity contribution in [3.05, 3.63) is 11.6 Å². The number of carboxylic acid groups (broad SMARTS) is 2. The Kier molecular flexibility index (Phi) is 23.5. The third-order valence-electron chi connectivity index (χ3n) is 42.5. The van der Waals surface area contributed by atoms with Gasteiger partial charge in [-0.1, -0.05) is 144 Å². The van der Waals surface area contributed by atoms with Crippen molar-refractivity contribution < 1.29 is 29.4 Å². The van der Waals surface area contributed by atoms with Gasteiger partial charge in [0.25, 0.3) is 0 Å². The second kappa shape index (κ2) is 31.9. The molecule has 0 bridgehead atoms. The largest absolute Gasteiger partial charge is 0.481 e. The third-order valence-corrected chi connectivity index (χ3v) is 42.5. The van der Waals surface area contributed by atoms with Crippen molar-refractivity contribution in [1.29, 1.82) is 0 Å². The lowest BCUT2D eigenvalue weighted by Crippen LogP contribution is -2.53. The number of Topliss-reactive ketones (excluding diaryl/α,β-unsaturated/α-hetero) is 1. The topological polar surface area (TPSA) is 109 Å². The van der Waals surface area contributed by atoms with Crippen LogP contribution in [0, 0.1) is 198 Å². The Hall–Kier alpha value is -1.98. The van der Waals surface area contributed by atoms with E-state index in [1.807, 2.05) is 13.0 Å². The number of carbonyl (C=O) groups excluding carboxylic acids is 2. The van der Waals surface area contributed by atoms with Gasteiger partial charge in [-0.05, 0) is 437 Å². The molecule has 19 saturated carbocycles. The molecule has 0 spiro atoms. The Labute approximate surface area is 655 Å². The number of carbonyl (C=O) groups is 4. The molecule has 0 heterocycles. The predicted octanol–water partition coefficient (Wildman–Crippen LogP) is 27.1. The van der Waals surface area contributed by atoms with E-state index in [4.69, 9.17) is 0 Å². The van der Waals surface area contributed by atoms with Crippen LogP contribution in [0.1, 0.15) is 396 Å². The quantitative estimate of drug-likeness (QED) is 0.263. The molecule has 0 amide bonds. The molecule has 2 N–H and O–H groups in total. The van der Waals surface area contributed by atoms with Gasteiger partial charge in [-0.2, -0.15) is 0 Å². The highest BCUT2D eigenvalue weighted by molar-refractivity contribution is 5.91. The minimum absolute atomic E-state index is 0.127. The first-order valence-corrected chi connectivity index (χ1v) is 48.7. The second-order valence-electron chi connectivity index (χ2n) is 45.4. The lowest BCUT2D eigenvalue weighted by atomic mass is 9.44. The molecule has 0 saturated heterocycles. The number of aliphatic carboxylic acids is 2. The molecule has 0 aliphatic heterocycles. The molecule has 34 atom stereocenters. The van der Waals surface area contributed by atoms with Gasteiger partial charge in [0, 0.05) is 18.8 Å². The zero-order valence-corrected chi connectivity index (χ0v) is 70.5. The summed E-state index contributed by atoms with van der Waals surface area (Å²) < 4.78 is 0. The fourth-order valence-corrected chi connectivity index (χ4v) is 37.4. The van der Waals surface area contributed by atoms with E-state index < -0.39 is 11.9 Å². The zero-order valence-electron chi connectivity index (χ0n) is 70.5. The summed E-state index contributed by atoms with van der Waals surface area (Å²) >= 11 is 0. The third kappa shape index (κ3) is 14.2. The van der Waals surface area contributed by atoms with Gasteiger partial charge in [0.1, 0.15) is 5.78 Å². The zero-order chi connectivity index (χ0) is 74.5. The molecule has 2 unspecified atom stereocenters. The van der Waals surface area contributed by atoms with Crippen molar-refractivity contribution in [2.24, 2.45) is 198 Å². The molecule has 6 nitrogen and oxygen atoms in total. The first-order chi connectivity index (χ1) is 51.5. The minimum Gasteiger partial charge on any atom is -0.481 e. The van der Waals surface area contributed by atoms with E-state index in [0.29, 0.717) is 58.4 Å². The Morgan fingerprint density at radius 3 is 1.54 bits per heavy atom. The highest BCUT2D eigenvalue weighted by atomic mass is 16.4. The van der Waals surface area contributed by atoms with Crippen LogP contribution in [0.25, 0.3) is 0 Å². The van der Waals surface area contributed by atoms with Crippen LogP contribution in [0.5, 0.6) is 0 Å². The standard InChI is InChI=1S/C23H38O2.C20H28O2.C20H32O2.C20H34.C18H30/c1-15(14-21(24)25)18-9-10-19-17-8-7-16-6-4-5-12-22(16,2)20(17)11-13-23(18,19)3;1-12(21)15-5-6-17-16(15)7-8-19-18(17)4-3-13-11-14(22)9-10-20(13,19)2;1-12(20(21)22)14-8-9-19-16(14)10-11-17-15-5-3-2-4-13(15)6-7-18(17)19;1-3-20-13-6-8-18(20)16-10-9-15-7-4-5-12-19(15,2)17(16)11-14-20;1-18-12-3-2-6-14(18)9-10-16-15-7-4-5-13(15)8-11-17(16)18/h15-20H,4-14H2,1-3H3,(H,24,25);11,15-19H,3-10H2,1-2H3;12-19H,2-11H2,1H3,(H,21,22);15-18H,3-14H2,1-2H3;13-17H,2-12H2,1H3/t15-,16+,17?,18-,19+,20?,22+,23-;15-,16-,17-,18+,19+,20+;12-,13-,14-,15+,16-,17-,18-,19-;15-,16-,17+,18+,19+,20+;13-,14+,15+,16-,17-,18-/m11110/s1. The number of carboxylic acids is 2. The summed E-state index contributed by atoms with van der Waals surface area (Å²) in [5.41, 5.74) is 5.04. The number of hydrogen-bond acceptors (Lipinski definition) is 4. The van der Waals surface area contributed by atoms with Gasteiger partial charge < -0.3 is 10.2 Å². The maximum Gasteiger partial charge on any atom is 0.306 e. The van der Waals surface area contributed by atoms with E-state index >= 15 is 0 Å². The molecule has 0 aromatic rings. The predicted molar refractivity (Wildman–Crippen MR) is 437 cm³/mol. The average molecular weight is 1470 g/mol. The van der Waals surface area contributed by atoms with E-state index in [2.05, 4.69) is 48.5 Å². The molecule has 0 radical (unpaired) electrons. The van der Waals surface area contributed by atoms with Crippen LogP contribution in [0.3, 0.4) is 0 Å². The number of rotatable bonds is 7. The van der Waals surface area contributed by atoms with Gasteiger partial charge in [0.15, 0.2) is 5.78 Å². The van der Waals surface area contributed by atoms with E-state index in [9.17, 15) is 29.4 Å². The van der Waals surface area contributed by atoms with Gasteiger partial charge in [0.05, 0.1) is 5.92 Å². The van der Waals surface area contributed by atoms with Crippen LogP contribution < -0.4 is 0 Å². The Bertz CT molecular complexity index is 3140. The summed E-state index contributed by atoms with van der Waals surface area (Å²) in [7, 11) is 0. The summed E-state index contributed by atoms with van der Waals surface area (Å²) in [6.45, 7) is 21.5. The second-order valence-corrected chi connectivity index (χ2v) is 45.4. The molecule has 6 heteroatoms. The van der Waals surface area contributed by atoms with Gasteiger partial charge in [-0.15, -0.1) is 0 Å². The van der Waals surface area contributed by atoms with Crippen LogP contribution in [-0.2, 0) is 19.2 Å². The van der Waals surface area contributed by atoms with Crippen LogP contribution in [-0.4, -0.2) is 33.7 Å². The molecule has 20 rings (SSSR count). The van der Waals surface area contributed by atoms with Gasteiger partial charge in [-0.3, -0.25) is 19.2 Å². The molecule has 602 valence electrons. The van der Waals surface area contributed by atoms with Crippen molar-refractivity contribution in [2.75, 3.05) is 0 Å². The molecular formula is C101H162O6. The Morgan fingerprint density at radius 2 is 0.879 bits per heavy atom. The van der Waals surface area contributed by atoms with Crippen LogP contribution in [0.2, 0.25) is 0 Å². The maximum absolute atomic E-state index is 11.9. The van der Waals surface area contributed by atoms with Crippen LogP contribution >= 0.6 is 0 Å². The molecule has 0 aromatic heterocycles. The Balaban J connectivity index is 0.000000103. The maximum atomic E-state index is 11.9. The van der Waals surface area contributed by atoms with Crippen LogP contribution in [0.15, 0.2) is 11.6 Å². The fourth-order valence-electron chi connectivity index (χ4n) is 37.4. The SMILES string of the molecule is CC(=O)[C@H]1CC[C@@H]2[C@@H]1CC[C@H]1[C@H]2CCC2=CC(=O)CC[C@@]21C.CC[C@@]12CCC[C@H]1[C@@H]1CC[C@H]3CCCC[C@]3(C)[C@H]1CC2.C[C@@H](C(=O)O)[C@H]1CC[C@H]2[C@@H]3CC[C@H]4CCCC[C@@H]4[C@H]3CC[C@@H]21.C[C@H](CC(=O)O)[C@H]1CC[C@H]2C3CC[C@@H]4CCCC[C@]4(C)C3CC[C@]12C.C[C@]12CCCC[C@@H]1CC[C@H]1[C@@H]3CCC[C@H]3CC[C@@H]12. The lowest BCUT2D eigenvalue weighted by molar-refractivity contribution is -0.144. The molecule has 19 fully saturated rings. The monoisotopic (exact) mass is 1470 g/mol. The van der Waals surface area contributed by atoms with Gasteiger partial charge in [0.2, 0.25) is 0 Å². The molecule has 20 aliphatic rings. The molecular weight excluding hydrogens is 1310 g/mol. The summed E-state index contributed by atoms with van der Waals surface area (Å²) in [5.74, 6) is 23.7. The van der Waals surface area contributed by atoms with Crippen LogP contribution in [0.4, 0.5) is 0 Å². The van der Waals surface area contributed by atoms with E-state index in [1.165, 1.54) is 192 Å². The normalized spacial score (nSPS) is 51.1. The van der Waals surface area contributed by atoms with E-state index in [1.54, 1.807) is 122 Å². The first-order valence-electron chi connectivity index (χ1n) is 48.7. The molecule has 107 heavy (non-hydrogen) atoms. The fraction of sp³-hybridized carbons (Fsp3) is 0.941. The molecule has 20 aliphatic carbocycles. The smallest absolute Gasteiger partial charge is 0.306 e. The Morgan fingerprint density at radius 1 is 0.393 bits per heavy atom. The average Bonchev–Trinajstić information content (AvgIpc) is 1.67. The number of fused-ring (bicyclic) bond motifs is 25. The summed E-state index contributed by atoms with van der Waals surface area (Å²) in [4.78, 5) is 46.4. The highest BCUT2D eigenvalue weighted by Gasteiger charge is 2.63. The van der Waals surface area contributed by atoms with E-state index in [-0.39, 0.29) is 11.3 Å². The van der Waals surface area contributed by atoms with Gasteiger partial charge in [-0.25, -0.2) is 0 Å². The summed E-state index contributed by atoms with van der Waals surface area (Å²) in [6, 6.07) is 0. The lowest BCUT2D eigenvalue weighted by Gasteiger charge is -2.60. The highest BCUT2D eigenvalue weighted by Crippen LogP contribution is 2.72. The van der Waals surface area contributed by atoms with Crippen molar-refractivity contribution >= 4 is 23.5 Å². The van der Waals surface area contributed by atoms with Crippen molar-refractivity contribution in [3.8, 4) is 0 Å². The number of hydrogen-bond donors (Lipinski definition) is 2. The summed E-state index contributed by atoms with van der Waals surface area (Å²) in [6.07, 6.45) is 75.8. The summed E-state index contributed by atoms with van der Waals surface area (Å²) in [5, 5.41) is 18.7. The van der Waals surface area contributed by atoms with E-state index in [0.717, 1.165) is 172 Å².